The molecule has 7 heteroatoms. The first-order chi connectivity index (χ1) is 5.38. The van der Waals surface area contributed by atoms with Gasteiger partial charge in [-0.1, -0.05) is 0 Å². The number of hydrogen-bond donors (Lipinski definition) is 2. The van der Waals surface area contributed by atoms with Crippen molar-refractivity contribution in [1.29, 1.82) is 0 Å². The van der Waals surface area contributed by atoms with Gasteiger partial charge in [0.25, 0.3) is 5.91 Å². The van der Waals surface area contributed by atoms with Gasteiger partial charge in [0.1, 0.15) is 15.9 Å². The number of urea groups is 1. The van der Waals surface area contributed by atoms with E-state index in [0.717, 1.165) is 6.26 Å². The van der Waals surface area contributed by atoms with Crippen molar-refractivity contribution >= 4 is 21.8 Å². The fourth-order valence-corrected chi connectivity index (χ4v) is 1.72. The summed E-state index contributed by atoms with van der Waals surface area (Å²) in [5.41, 5.74) is 0. The molecule has 1 saturated heterocycles. The molecule has 1 aliphatic rings. The Balaban J connectivity index is 2.67. The predicted molar refractivity (Wildman–Crippen MR) is 40.2 cm³/mol. The first-order valence-corrected chi connectivity index (χ1v) is 5.23. The number of amides is 3. The van der Waals surface area contributed by atoms with Crippen molar-refractivity contribution in [3.8, 4) is 0 Å². The lowest BCUT2D eigenvalue weighted by atomic mass is 10.3. The van der Waals surface area contributed by atoms with Crippen LogP contribution < -0.4 is 10.6 Å². The quantitative estimate of drug-likeness (QED) is 0.507. The van der Waals surface area contributed by atoms with Crippen LogP contribution in [0.2, 0.25) is 0 Å². The molecule has 0 aromatic rings. The van der Waals surface area contributed by atoms with E-state index in [2.05, 4.69) is 5.32 Å². The van der Waals surface area contributed by atoms with Gasteiger partial charge in [0.05, 0.1) is 5.75 Å². The van der Waals surface area contributed by atoms with Crippen LogP contribution in [0.25, 0.3) is 0 Å². The molecule has 1 heterocycles. The number of hydrogen-bond acceptors (Lipinski definition) is 4. The van der Waals surface area contributed by atoms with Gasteiger partial charge in [0, 0.05) is 6.26 Å². The third-order valence-electron chi connectivity index (χ3n) is 1.33. The van der Waals surface area contributed by atoms with E-state index in [1.54, 1.807) is 0 Å². The third kappa shape index (κ3) is 2.19. The number of sulfone groups is 1. The van der Waals surface area contributed by atoms with Gasteiger partial charge in [0.15, 0.2) is 0 Å². The Kier molecular flexibility index (Phi) is 2.05. The zero-order valence-corrected chi connectivity index (χ0v) is 7.14. The Morgan fingerprint density at radius 1 is 1.42 bits per heavy atom. The van der Waals surface area contributed by atoms with Gasteiger partial charge in [-0.2, -0.15) is 0 Å². The van der Waals surface area contributed by atoms with Gasteiger partial charge in [-0.25, -0.2) is 13.2 Å². The molecule has 0 saturated carbocycles. The third-order valence-corrected chi connectivity index (χ3v) is 2.27. The summed E-state index contributed by atoms with van der Waals surface area (Å²) in [6.07, 6.45) is 1.00. The van der Waals surface area contributed by atoms with E-state index in [1.807, 2.05) is 5.32 Å². The van der Waals surface area contributed by atoms with Crippen molar-refractivity contribution in [3.05, 3.63) is 0 Å². The standard InChI is InChI=1S/C5H8N2O4S/c1-12(10,11)2-3-4(8)7-5(9)6-3/h3H,2H2,1H3,(H2,6,7,8,9)/t3-/m0/s1. The maximum absolute atomic E-state index is 10.8. The smallest absolute Gasteiger partial charge is 0.322 e. The number of rotatable bonds is 2. The van der Waals surface area contributed by atoms with Gasteiger partial charge < -0.3 is 5.32 Å². The van der Waals surface area contributed by atoms with Gasteiger partial charge in [-0.3, -0.25) is 10.1 Å². The molecule has 6 nitrogen and oxygen atoms in total. The summed E-state index contributed by atoms with van der Waals surface area (Å²) in [5, 5.41) is 4.12. The summed E-state index contributed by atoms with van der Waals surface area (Å²) in [5.74, 6) is -0.949. The van der Waals surface area contributed by atoms with Gasteiger partial charge in [-0.05, 0) is 0 Å². The monoisotopic (exact) mass is 192 g/mol. The Morgan fingerprint density at radius 3 is 2.33 bits per heavy atom. The molecule has 0 radical (unpaired) electrons. The van der Waals surface area contributed by atoms with Crippen LogP contribution in [0.1, 0.15) is 0 Å². The highest BCUT2D eigenvalue weighted by Crippen LogP contribution is 1.96. The normalized spacial score (nSPS) is 23.6. The minimum atomic E-state index is -3.24. The average molecular weight is 192 g/mol. The van der Waals surface area contributed by atoms with E-state index in [9.17, 15) is 18.0 Å². The summed E-state index contributed by atoms with van der Waals surface area (Å²) in [6.45, 7) is 0. The van der Waals surface area contributed by atoms with E-state index in [-0.39, 0.29) is 5.75 Å². The van der Waals surface area contributed by atoms with E-state index >= 15 is 0 Å². The molecule has 0 aliphatic carbocycles. The van der Waals surface area contributed by atoms with Crippen LogP contribution in [-0.4, -0.2) is 38.4 Å². The maximum Gasteiger partial charge on any atom is 0.322 e. The van der Waals surface area contributed by atoms with Crippen LogP contribution in [0.5, 0.6) is 0 Å². The summed E-state index contributed by atoms with van der Waals surface area (Å²) < 4.78 is 21.4. The molecule has 2 N–H and O–H groups in total. The fraction of sp³-hybridized carbons (Fsp3) is 0.600. The molecule has 0 bridgehead atoms. The lowest BCUT2D eigenvalue weighted by Crippen LogP contribution is -2.35. The maximum atomic E-state index is 10.8. The molecule has 0 unspecified atom stereocenters. The second-order valence-corrected chi connectivity index (χ2v) is 4.79. The minimum Gasteiger partial charge on any atom is -0.325 e. The lowest BCUT2D eigenvalue weighted by molar-refractivity contribution is -0.119. The Hall–Kier alpha value is -1.11. The summed E-state index contributed by atoms with van der Waals surface area (Å²) in [6, 6.07) is -1.58. The van der Waals surface area contributed by atoms with Crippen LogP contribution in [0.15, 0.2) is 0 Å². The van der Waals surface area contributed by atoms with E-state index in [4.69, 9.17) is 0 Å². The number of imide groups is 1. The summed E-state index contributed by atoms with van der Waals surface area (Å²) in [4.78, 5) is 21.3. The molecule has 3 amide bonds. The van der Waals surface area contributed by atoms with Gasteiger partial charge in [0.2, 0.25) is 0 Å². The highest BCUT2D eigenvalue weighted by Gasteiger charge is 2.31. The zero-order valence-electron chi connectivity index (χ0n) is 6.33. The average Bonchev–Trinajstić information content (AvgIpc) is 2.06. The molecule has 1 atom stereocenters. The highest BCUT2D eigenvalue weighted by molar-refractivity contribution is 7.90. The molecule has 0 spiro atoms. The lowest BCUT2D eigenvalue weighted by Gasteiger charge is -2.03. The molecule has 12 heavy (non-hydrogen) atoms. The van der Waals surface area contributed by atoms with Crippen molar-refractivity contribution in [2.75, 3.05) is 12.0 Å². The first kappa shape index (κ1) is 8.98. The van der Waals surface area contributed by atoms with E-state index in [1.165, 1.54) is 0 Å². The Morgan fingerprint density at radius 2 is 2.00 bits per heavy atom. The van der Waals surface area contributed by atoms with Crippen LogP contribution in [0.4, 0.5) is 4.79 Å². The van der Waals surface area contributed by atoms with E-state index in [0.29, 0.717) is 0 Å². The predicted octanol–water partition coefficient (Wildman–Crippen LogP) is -1.76. The number of nitrogens with one attached hydrogen (secondary N) is 2. The molecule has 1 rings (SSSR count). The van der Waals surface area contributed by atoms with Crippen LogP contribution in [0.3, 0.4) is 0 Å². The zero-order chi connectivity index (χ0) is 9.35. The topological polar surface area (TPSA) is 92.3 Å². The second kappa shape index (κ2) is 2.74. The molecule has 0 aromatic heterocycles. The number of carbonyl (C=O) groups is 2. The van der Waals surface area contributed by atoms with Crippen molar-refractivity contribution < 1.29 is 18.0 Å². The molecule has 0 aromatic carbocycles. The van der Waals surface area contributed by atoms with Gasteiger partial charge in [-0.15, -0.1) is 0 Å². The largest absolute Gasteiger partial charge is 0.325 e. The Labute approximate surface area is 69.2 Å². The van der Waals surface area contributed by atoms with Gasteiger partial charge >= 0.3 is 6.03 Å². The van der Waals surface area contributed by atoms with Crippen LogP contribution in [-0.2, 0) is 14.6 Å². The van der Waals surface area contributed by atoms with Crippen molar-refractivity contribution in [1.82, 2.24) is 10.6 Å². The Bertz CT molecular complexity index is 320. The molecule has 1 fully saturated rings. The molecular formula is C5H8N2O4S. The van der Waals surface area contributed by atoms with Crippen molar-refractivity contribution in [2.24, 2.45) is 0 Å². The van der Waals surface area contributed by atoms with Crippen molar-refractivity contribution in [2.45, 2.75) is 6.04 Å². The highest BCUT2D eigenvalue weighted by atomic mass is 32.2. The molecule has 1 aliphatic heterocycles. The summed E-state index contributed by atoms with van der Waals surface area (Å²) in [7, 11) is -3.24. The van der Waals surface area contributed by atoms with Crippen molar-refractivity contribution in [3.63, 3.8) is 0 Å². The summed E-state index contributed by atoms with van der Waals surface area (Å²) >= 11 is 0. The van der Waals surface area contributed by atoms with Crippen LogP contribution in [0, 0.1) is 0 Å². The second-order valence-electron chi connectivity index (χ2n) is 2.61. The fourth-order valence-electron chi connectivity index (χ4n) is 0.879. The molecular weight excluding hydrogens is 184 g/mol. The minimum absolute atomic E-state index is 0.357. The SMILES string of the molecule is CS(=O)(=O)C[C@@H]1NC(=O)NC1=O. The number of carbonyl (C=O) groups excluding carboxylic acids is 2. The molecule has 68 valence electrons. The first-order valence-electron chi connectivity index (χ1n) is 3.17. The van der Waals surface area contributed by atoms with Crippen LogP contribution >= 0.6 is 0 Å². The van der Waals surface area contributed by atoms with E-state index < -0.39 is 27.8 Å².